The molecule has 0 aliphatic rings. The Kier molecular flexibility index (Phi) is 6.14. The van der Waals surface area contributed by atoms with Crippen LogP contribution in [0.4, 0.5) is 5.82 Å². The molecule has 7 nitrogen and oxygen atoms in total. The molecule has 0 saturated heterocycles. The molecule has 2 rings (SSSR count). The van der Waals surface area contributed by atoms with E-state index in [0.717, 1.165) is 22.1 Å². The number of nitriles is 1. The summed E-state index contributed by atoms with van der Waals surface area (Å²) in [4.78, 5) is 24.2. The van der Waals surface area contributed by atoms with Gasteiger partial charge >= 0.3 is 5.69 Å². The smallest absolute Gasteiger partial charge is 0.332 e. The second-order valence-electron chi connectivity index (χ2n) is 5.72. The van der Waals surface area contributed by atoms with Crippen LogP contribution in [-0.4, -0.2) is 15.7 Å². The molecule has 0 bridgehead atoms. The zero-order valence-electron chi connectivity index (χ0n) is 14.7. The van der Waals surface area contributed by atoms with Crippen molar-refractivity contribution in [2.75, 3.05) is 11.9 Å². The van der Waals surface area contributed by atoms with Crippen molar-refractivity contribution in [1.82, 2.24) is 9.13 Å². The van der Waals surface area contributed by atoms with Crippen molar-refractivity contribution in [2.24, 2.45) is 14.1 Å². The number of nitrogens with zero attached hydrogens (tertiary/aromatic N) is 3. The third-order valence-corrected chi connectivity index (χ3v) is 3.95. The number of hydrogen-bond donors (Lipinski definition) is 1. The Bertz CT molecular complexity index is 906. The van der Waals surface area contributed by atoms with E-state index in [1.807, 2.05) is 37.3 Å². The van der Waals surface area contributed by atoms with Crippen molar-refractivity contribution in [3.05, 3.63) is 61.8 Å². The molecule has 0 saturated carbocycles. The molecule has 1 heterocycles. The Morgan fingerprint density at radius 1 is 1.16 bits per heavy atom. The molecule has 1 aromatic heterocycles. The lowest BCUT2D eigenvalue weighted by atomic mass is 10.1. The number of nitrogens with one attached hydrogen (secondary N) is 1. The van der Waals surface area contributed by atoms with Crippen LogP contribution in [0.5, 0.6) is 0 Å². The fourth-order valence-corrected chi connectivity index (χ4v) is 2.53. The van der Waals surface area contributed by atoms with Crippen LogP contribution in [0.15, 0.2) is 33.9 Å². The van der Waals surface area contributed by atoms with E-state index in [1.165, 1.54) is 18.7 Å². The lowest BCUT2D eigenvalue weighted by Crippen LogP contribution is -2.39. The van der Waals surface area contributed by atoms with Crippen molar-refractivity contribution in [3.63, 3.8) is 0 Å². The highest BCUT2D eigenvalue weighted by molar-refractivity contribution is 5.51. The molecule has 25 heavy (non-hydrogen) atoms. The number of hydrogen-bond acceptors (Lipinski definition) is 5. The molecule has 0 atom stereocenters. The summed E-state index contributed by atoms with van der Waals surface area (Å²) in [6.07, 6.45) is 0.946. The minimum absolute atomic E-state index is 0.0793. The van der Waals surface area contributed by atoms with Crippen molar-refractivity contribution in [2.45, 2.75) is 26.5 Å². The molecule has 1 aromatic carbocycles. The molecule has 0 unspecified atom stereocenters. The average Bonchev–Trinajstić information content (AvgIpc) is 2.63. The fraction of sp³-hybridized carbons (Fsp3) is 0.389. The minimum atomic E-state index is -0.604. The summed E-state index contributed by atoms with van der Waals surface area (Å²) in [7, 11) is 2.89. The normalized spacial score (nSPS) is 10.5. The number of aromatic nitrogens is 2. The Labute approximate surface area is 146 Å². The quantitative estimate of drug-likeness (QED) is 0.770. The van der Waals surface area contributed by atoms with E-state index < -0.39 is 11.2 Å². The lowest BCUT2D eigenvalue weighted by molar-refractivity contribution is 0.121. The summed E-state index contributed by atoms with van der Waals surface area (Å²) in [5.74, 6) is 0.222. The van der Waals surface area contributed by atoms with Gasteiger partial charge in [0.2, 0.25) is 0 Å². The SMILES string of the molecule is CCCOCc1ccccc1CNc1c(C#N)c(=O)n(C)c(=O)n1C. The molecular weight excluding hydrogens is 320 g/mol. The second-order valence-corrected chi connectivity index (χ2v) is 5.72. The van der Waals surface area contributed by atoms with Gasteiger partial charge in [0.05, 0.1) is 6.61 Å². The van der Waals surface area contributed by atoms with Crippen molar-refractivity contribution >= 4 is 5.82 Å². The third kappa shape index (κ3) is 3.98. The highest BCUT2D eigenvalue weighted by Gasteiger charge is 2.15. The fourth-order valence-electron chi connectivity index (χ4n) is 2.53. The topological polar surface area (TPSA) is 89.1 Å². The van der Waals surface area contributed by atoms with Gasteiger partial charge in [-0.2, -0.15) is 5.26 Å². The Balaban J connectivity index is 2.30. The monoisotopic (exact) mass is 342 g/mol. The molecule has 0 fully saturated rings. The summed E-state index contributed by atoms with van der Waals surface area (Å²) in [6, 6.07) is 9.65. The van der Waals surface area contributed by atoms with E-state index in [-0.39, 0.29) is 11.4 Å². The van der Waals surface area contributed by atoms with Crippen LogP contribution in [0.1, 0.15) is 30.0 Å². The zero-order valence-corrected chi connectivity index (χ0v) is 14.7. The number of benzene rings is 1. The maximum absolute atomic E-state index is 12.1. The summed E-state index contributed by atoms with van der Waals surface area (Å²) >= 11 is 0. The maximum Gasteiger partial charge on any atom is 0.332 e. The predicted molar refractivity (Wildman–Crippen MR) is 95.4 cm³/mol. The van der Waals surface area contributed by atoms with Crippen LogP contribution in [-0.2, 0) is 32.0 Å². The molecule has 0 aliphatic heterocycles. The molecular formula is C18H22N4O3. The van der Waals surface area contributed by atoms with Crippen LogP contribution in [0.25, 0.3) is 0 Å². The van der Waals surface area contributed by atoms with Gasteiger partial charge in [0, 0.05) is 27.2 Å². The van der Waals surface area contributed by atoms with E-state index >= 15 is 0 Å². The third-order valence-electron chi connectivity index (χ3n) is 3.95. The Morgan fingerprint density at radius 2 is 1.84 bits per heavy atom. The number of anilines is 1. The van der Waals surface area contributed by atoms with Gasteiger partial charge in [-0.05, 0) is 17.5 Å². The van der Waals surface area contributed by atoms with Crippen molar-refractivity contribution < 1.29 is 4.74 Å². The average molecular weight is 342 g/mol. The van der Waals surface area contributed by atoms with E-state index in [9.17, 15) is 14.9 Å². The van der Waals surface area contributed by atoms with Gasteiger partial charge < -0.3 is 10.1 Å². The molecule has 2 aromatic rings. The molecule has 1 N–H and O–H groups in total. The number of rotatable bonds is 7. The lowest BCUT2D eigenvalue weighted by Gasteiger charge is -2.15. The van der Waals surface area contributed by atoms with Gasteiger partial charge in [-0.1, -0.05) is 31.2 Å². The van der Waals surface area contributed by atoms with Gasteiger partial charge in [0.25, 0.3) is 5.56 Å². The van der Waals surface area contributed by atoms with Gasteiger partial charge in [0.1, 0.15) is 11.9 Å². The first-order valence-electron chi connectivity index (χ1n) is 8.09. The first-order valence-corrected chi connectivity index (χ1v) is 8.09. The van der Waals surface area contributed by atoms with Crippen molar-refractivity contribution in [3.8, 4) is 6.07 Å². The van der Waals surface area contributed by atoms with E-state index in [0.29, 0.717) is 19.8 Å². The van der Waals surface area contributed by atoms with E-state index in [1.54, 1.807) is 0 Å². The zero-order chi connectivity index (χ0) is 18.4. The molecule has 0 spiro atoms. The van der Waals surface area contributed by atoms with E-state index in [2.05, 4.69) is 5.32 Å². The van der Waals surface area contributed by atoms with Crippen LogP contribution < -0.4 is 16.6 Å². The van der Waals surface area contributed by atoms with Gasteiger partial charge in [0.15, 0.2) is 5.56 Å². The molecule has 0 radical (unpaired) electrons. The van der Waals surface area contributed by atoms with Gasteiger partial charge in [-0.15, -0.1) is 0 Å². The predicted octanol–water partition coefficient (Wildman–Crippen LogP) is 1.49. The molecule has 0 aliphatic carbocycles. The largest absolute Gasteiger partial charge is 0.377 e. The Morgan fingerprint density at radius 3 is 2.48 bits per heavy atom. The Hall–Kier alpha value is -2.85. The molecule has 0 amide bonds. The van der Waals surface area contributed by atoms with Crippen LogP contribution in [0.3, 0.4) is 0 Å². The van der Waals surface area contributed by atoms with Crippen LogP contribution >= 0.6 is 0 Å². The van der Waals surface area contributed by atoms with Gasteiger partial charge in [-0.3, -0.25) is 13.9 Å². The minimum Gasteiger partial charge on any atom is -0.377 e. The summed E-state index contributed by atoms with van der Waals surface area (Å²) < 4.78 is 7.80. The summed E-state index contributed by atoms with van der Waals surface area (Å²) in [5.41, 5.74) is 0.842. The second kappa shape index (κ2) is 8.31. The maximum atomic E-state index is 12.1. The highest BCUT2D eigenvalue weighted by Crippen LogP contribution is 2.14. The summed E-state index contributed by atoms with van der Waals surface area (Å²) in [5, 5.41) is 12.4. The standard InChI is InChI=1S/C18H22N4O3/c1-4-9-25-12-14-8-6-5-7-13(14)11-20-16-15(10-19)17(23)22(3)18(24)21(16)2/h5-8,20H,4,9,11-12H2,1-3H3. The van der Waals surface area contributed by atoms with E-state index in [4.69, 9.17) is 4.74 Å². The number of ether oxygens (including phenoxy) is 1. The van der Waals surface area contributed by atoms with Crippen LogP contribution in [0.2, 0.25) is 0 Å². The highest BCUT2D eigenvalue weighted by atomic mass is 16.5. The first-order chi connectivity index (χ1) is 12.0. The van der Waals surface area contributed by atoms with Crippen molar-refractivity contribution in [1.29, 1.82) is 5.26 Å². The first kappa shape index (κ1) is 18.5. The molecule has 132 valence electrons. The van der Waals surface area contributed by atoms with Gasteiger partial charge in [-0.25, -0.2) is 4.79 Å². The van der Waals surface area contributed by atoms with Crippen LogP contribution in [0, 0.1) is 11.3 Å². The summed E-state index contributed by atoms with van der Waals surface area (Å²) in [6.45, 7) is 3.60. The molecule has 7 heteroatoms.